The van der Waals surface area contributed by atoms with Crippen LogP contribution in [0.2, 0.25) is 25.7 Å². The molecule has 0 aromatic rings. The molecular weight excluding hydrogens is 282 g/mol. The van der Waals surface area contributed by atoms with Crippen molar-refractivity contribution >= 4 is 14.2 Å². The van der Waals surface area contributed by atoms with Crippen molar-refractivity contribution in [3.8, 4) is 0 Å². The Morgan fingerprint density at radius 2 is 1.95 bits per heavy atom. The second kappa shape index (κ2) is 6.13. The largest absolute Gasteiger partial charge is 0.444 e. The van der Waals surface area contributed by atoms with Crippen LogP contribution < -0.4 is 0 Å². The average Bonchev–Trinajstić information content (AvgIpc) is 2.49. The Bertz CT molecular complexity index is 405. The Labute approximate surface area is 130 Å². The summed E-state index contributed by atoms with van der Waals surface area (Å²) in [6.07, 6.45) is 3.98. The van der Waals surface area contributed by atoms with E-state index in [1.165, 1.54) is 0 Å². The fourth-order valence-electron chi connectivity index (χ4n) is 2.22. The van der Waals surface area contributed by atoms with E-state index in [1.54, 1.807) is 4.90 Å². The zero-order valence-corrected chi connectivity index (χ0v) is 15.8. The van der Waals surface area contributed by atoms with Gasteiger partial charge in [0.25, 0.3) is 0 Å². The third-order valence-electron chi connectivity index (χ3n) is 3.20. The second-order valence-corrected chi connectivity index (χ2v) is 13.9. The van der Waals surface area contributed by atoms with Gasteiger partial charge in [-0.15, -0.1) is 0 Å². The molecule has 0 unspecified atom stereocenters. The zero-order chi connectivity index (χ0) is 16.5. The number of carbonyl (C=O) groups is 1. The van der Waals surface area contributed by atoms with Gasteiger partial charge in [0.1, 0.15) is 11.3 Å². The molecule has 0 N–H and O–H groups in total. The minimum absolute atomic E-state index is 0.0498. The van der Waals surface area contributed by atoms with Crippen molar-refractivity contribution in [3.63, 3.8) is 0 Å². The lowest BCUT2D eigenvalue weighted by atomic mass is 10.2. The Morgan fingerprint density at radius 3 is 2.43 bits per heavy atom. The maximum Gasteiger partial charge on any atom is 0.413 e. The van der Waals surface area contributed by atoms with Gasteiger partial charge in [-0.3, -0.25) is 4.90 Å². The van der Waals surface area contributed by atoms with Gasteiger partial charge in [0.2, 0.25) is 0 Å². The van der Waals surface area contributed by atoms with Gasteiger partial charge < -0.3 is 9.47 Å². The molecule has 0 spiro atoms. The van der Waals surface area contributed by atoms with Crippen molar-refractivity contribution < 1.29 is 14.3 Å². The average molecular weight is 314 g/mol. The SMILES string of the molecule is CC(C)(C)OC(=O)N1[C@H](C=CC[Si](C)(C)C)COC1(C)C. The van der Waals surface area contributed by atoms with Crippen molar-refractivity contribution in [1.82, 2.24) is 4.90 Å². The Balaban J connectivity index is 2.82. The van der Waals surface area contributed by atoms with Crippen molar-refractivity contribution in [2.75, 3.05) is 6.61 Å². The number of rotatable bonds is 3. The molecule has 0 bridgehead atoms. The third-order valence-corrected chi connectivity index (χ3v) is 4.66. The highest BCUT2D eigenvalue weighted by Gasteiger charge is 2.44. The van der Waals surface area contributed by atoms with Crippen molar-refractivity contribution in [2.45, 2.75) is 77.7 Å². The van der Waals surface area contributed by atoms with Crippen LogP contribution in [0.4, 0.5) is 4.79 Å². The molecule has 1 rings (SSSR count). The van der Waals surface area contributed by atoms with Crippen LogP contribution in [0.1, 0.15) is 34.6 Å². The molecule has 1 fully saturated rings. The van der Waals surface area contributed by atoms with Gasteiger partial charge in [-0.25, -0.2) is 4.79 Å². The first kappa shape index (κ1) is 18.2. The fraction of sp³-hybridized carbons (Fsp3) is 0.812. The van der Waals surface area contributed by atoms with Crippen molar-refractivity contribution in [1.29, 1.82) is 0 Å². The van der Waals surface area contributed by atoms with E-state index in [9.17, 15) is 4.79 Å². The normalized spacial score (nSPS) is 22.9. The summed E-state index contributed by atoms with van der Waals surface area (Å²) in [5.74, 6) is 0. The molecule has 0 aromatic carbocycles. The summed E-state index contributed by atoms with van der Waals surface area (Å²) in [4.78, 5) is 14.2. The predicted octanol–water partition coefficient (Wildman–Crippen LogP) is 4.25. The van der Waals surface area contributed by atoms with Gasteiger partial charge in [-0.05, 0) is 40.7 Å². The van der Waals surface area contributed by atoms with E-state index in [0.29, 0.717) is 6.61 Å². The maximum atomic E-state index is 12.4. The number of hydrogen-bond donors (Lipinski definition) is 0. The lowest BCUT2D eigenvalue weighted by Gasteiger charge is -2.34. The molecule has 0 radical (unpaired) electrons. The van der Waals surface area contributed by atoms with E-state index >= 15 is 0 Å². The first-order valence-electron chi connectivity index (χ1n) is 7.65. The van der Waals surface area contributed by atoms with E-state index in [2.05, 4.69) is 31.8 Å². The monoisotopic (exact) mass is 313 g/mol. The van der Waals surface area contributed by atoms with E-state index in [1.807, 2.05) is 34.6 Å². The van der Waals surface area contributed by atoms with Crippen molar-refractivity contribution in [3.05, 3.63) is 12.2 Å². The van der Waals surface area contributed by atoms with Crippen LogP contribution in [-0.2, 0) is 9.47 Å². The van der Waals surface area contributed by atoms with E-state index < -0.39 is 19.4 Å². The van der Waals surface area contributed by atoms with Crippen LogP contribution in [-0.4, -0.2) is 43.0 Å². The van der Waals surface area contributed by atoms with Gasteiger partial charge in [0, 0.05) is 8.07 Å². The smallest absolute Gasteiger partial charge is 0.413 e. The first-order chi connectivity index (χ1) is 9.32. The van der Waals surface area contributed by atoms with Crippen LogP contribution in [0, 0.1) is 0 Å². The maximum absolute atomic E-state index is 12.4. The number of carbonyl (C=O) groups excluding carboxylic acids is 1. The molecule has 1 heterocycles. The number of hydrogen-bond acceptors (Lipinski definition) is 3. The summed E-state index contributed by atoms with van der Waals surface area (Å²) in [5.41, 5.74) is -1.13. The fourth-order valence-corrected chi connectivity index (χ4v) is 3.06. The van der Waals surface area contributed by atoms with Crippen LogP contribution in [0.15, 0.2) is 12.2 Å². The molecule has 1 saturated heterocycles. The second-order valence-electron chi connectivity index (χ2n) is 8.37. The highest BCUT2D eigenvalue weighted by atomic mass is 28.3. The van der Waals surface area contributed by atoms with Crippen LogP contribution in [0.3, 0.4) is 0 Å². The minimum Gasteiger partial charge on any atom is -0.444 e. The molecule has 1 atom stereocenters. The van der Waals surface area contributed by atoms with E-state index in [4.69, 9.17) is 9.47 Å². The molecular formula is C16H31NO3Si. The summed E-state index contributed by atoms with van der Waals surface area (Å²) in [5, 5.41) is 0. The number of allylic oxidation sites excluding steroid dienone is 1. The molecule has 4 nitrogen and oxygen atoms in total. The molecule has 21 heavy (non-hydrogen) atoms. The molecule has 1 amide bonds. The Kier molecular flexibility index (Phi) is 5.32. The highest BCUT2D eigenvalue weighted by molar-refractivity contribution is 6.76. The summed E-state index contributed by atoms with van der Waals surface area (Å²) in [6, 6.07) is 1.05. The number of amides is 1. The van der Waals surface area contributed by atoms with Crippen LogP contribution >= 0.6 is 0 Å². The zero-order valence-electron chi connectivity index (χ0n) is 14.8. The first-order valence-corrected chi connectivity index (χ1v) is 11.4. The molecule has 0 aliphatic carbocycles. The summed E-state index contributed by atoms with van der Waals surface area (Å²) < 4.78 is 11.3. The van der Waals surface area contributed by atoms with Crippen molar-refractivity contribution in [2.24, 2.45) is 0 Å². The molecule has 0 aromatic heterocycles. The lowest BCUT2D eigenvalue weighted by Crippen LogP contribution is -2.49. The Morgan fingerprint density at radius 1 is 1.38 bits per heavy atom. The predicted molar refractivity (Wildman–Crippen MR) is 89.2 cm³/mol. The summed E-state index contributed by atoms with van der Waals surface area (Å²) in [7, 11) is -1.11. The molecule has 5 heteroatoms. The molecule has 1 aliphatic heterocycles. The van der Waals surface area contributed by atoms with Gasteiger partial charge in [-0.1, -0.05) is 31.8 Å². The quantitative estimate of drug-likeness (QED) is 0.577. The molecule has 1 aliphatic rings. The van der Waals surface area contributed by atoms with Gasteiger partial charge in [-0.2, -0.15) is 0 Å². The van der Waals surface area contributed by atoms with Crippen LogP contribution in [0.5, 0.6) is 0 Å². The molecule has 0 saturated carbocycles. The van der Waals surface area contributed by atoms with Gasteiger partial charge in [0.05, 0.1) is 12.6 Å². The number of ether oxygens (including phenoxy) is 2. The summed E-state index contributed by atoms with van der Waals surface area (Å²) >= 11 is 0. The van der Waals surface area contributed by atoms with Gasteiger partial charge >= 0.3 is 6.09 Å². The standard InChI is InChI=1S/C16H31NO3Si/c1-15(2,3)20-14(18)17-13(12-19-16(17,4)5)10-9-11-21(6,7)8/h9-10,13H,11-12H2,1-8H3/t13-/m1/s1. The highest BCUT2D eigenvalue weighted by Crippen LogP contribution is 2.30. The Hall–Kier alpha value is -0.813. The number of nitrogens with zero attached hydrogens (tertiary/aromatic N) is 1. The van der Waals surface area contributed by atoms with E-state index in [-0.39, 0.29) is 12.1 Å². The topological polar surface area (TPSA) is 38.8 Å². The lowest BCUT2D eigenvalue weighted by molar-refractivity contribution is -0.0610. The minimum atomic E-state index is -1.11. The third kappa shape index (κ3) is 5.83. The van der Waals surface area contributed by atoms with Gasteiger partial charge in [0.15, 0.2) is 0 Å². The van der Waals surface area contributed by atoms with Crippen LogP contribution in [0.25, 0.3) is 0 Å². The van der Waals surface area contributed by atoms with E-state index in [0.717, 1.165) is 6.04 Å². The summed E-state index contributed by atoms with van der Waals surface area (Å²) in [6.45, 7) is 17.0. The molecule has 122 valence electrons.